The summed E-state index contributed by atoms with van der Waals surface area (Å²) >= 11 is 0. The topological polar surface area (TPSA) is 38.1 Å². The number of carbonyl (C=O) groups excluding carboxylic acids is 1. The summed E-state index contributed by atoms with van der Waals surface area (Å²) in [4.78, 5) is 14.1. The van der Waals surface area contributed by atoms with Crippen molar-refractivity contribution in [3.8, 4) is 0 Å². The lowest BCUT2D eigenvalue weighted by Crippen LogP contribution is -2.39. The summed E-state index contributed by atoms with van der Waals surface area (Å²) in [6, 6.07) is 2.19. The number of nitrogens with zero attached hydrogens (tertiary/aromatic N) is 3. The predicted molar refractivity (Wildman–Crippen MR) is 62.2 cm³/mol. The first-order valence-corrected chi connectivity index (χ1v) is 5.95. The van der Waals surface area contributed by atoms with Crippen LogP contribution in [-0.4, -0.2) is 33.7 Å². The molecule has 0 aliphatic heterocycles. The van der Waals surface area contributed by atoms with Crippen LogP contribution in [-0.2, 0) is 7.05 Å². The Morgan fingerprint density at radius 1 is 1.44 bits per heavy atom. The fourth-order valence-corrected chi connectivity index (χ4v) is 2.40. The zero-order valence-electron chi connectivity index (χ0n) is 10.0. The van der Waals surface area contributed by atoms with Crippen molar-refractivity contribution in [1.82, 2.24) is 14.7 Å². The van der Waals surface area contributed by atoms with Crippen LogP contribution in [0.1, 0.15) is 42.6 Å². The SMILES string of the molecule is CN(C(=O)c1ccnn1C)C1CCCCC1. The van der Waals surface area contributed by atoms with Crippen LogP contribution in [0.4, 0.5) is 0 Å². The molecule has 0 radical (unpaired) electrons. The minimum Gasteiger partial charge on any atom is -0.337 e. The van der Waals surface area contributed by atoms with E-state index in [-0.39, 0.29) is 5.91 Å². The van der Waals surface area contributed by atoms with Gasteiger partial charge in [0.1, 0.15) is 5.69 Å². The monoisotopic (exact) mass is 221 g/mol. The van der Waals surface area contributed by atoms with E-state index in [0.29, 0.717) is 11.7 Å². The highest BCUT2D eigenvalue weighted by atomic mass is 16.2. The third-order valence-corrected chi connectivity index (χ3v) is 3.48. The zero-order chi connectivity index (χ0) is 11.5. The van der Waals surface area contributed by atoms with Gasteiger partial charge in [0.15, 0.2) is 0 Å². The number of rotatable bonds is 2. The summed E-state index contributed by atoms with van der Waals surface area (Å²) in [5.74, 6) is 0.0897. The summed E-state index contributed by atoms with van der Waals surface area (Å²) in [5.41, 5.74) is 0.674. The van der Waals surface area contributed by atoms with Crippen molar-refractivity contribution in [3.63, 3.8) is 0 Å². The highest BCUT2D eigenvalue weighted by molar-refractivity contribution is 5.92. The van der Waals surface area contributed by atoms with Crippen LogP contribution >= 0.6 is 0 Å². The normalized spacial score (nSPS) is 17.4. The largest absolute Gasteiger partial charge is 0.337 e. The second-order valence-electron chi connectivity index (χ2n) is 4.55. The maximum atomic E-state index is 12.2. The van der Waals surface area contributed by atoms with Crippen molar-refractivity contribution in [2.45, 2.75) is 38.1 Å². The molecular weight excluding hydrogens is 202 g/mol. The predicted octanol–water partition coefficient (Wildman–Crippen LogP) is 1.82. The Balaban J connectivity index is 2.06. The molecule has 1 fully saturated rings. The quantitative estimate of drug-likeness (QED) is 0.764. The number of carbonyl (C=O) groups is 1. The van der Waals surface area contributed by atoms with Crippen molar-refractivity contribution in [2.75, 3.05) is 7.05 Å². The molecule has 1 aliphatic carbocycles. The van der Waals surface area contributed by atoms with Gasteiger partial charge in [-0.3, -0.25) is 9.48 Å². The van der Waals surface area contributed by atoms with Crippen LogP contribution < -0.4 is 0 Å². The first kappa shape index (κ1) is 11.2. The van der Waals surface area contributed by atoms with E-state index in [0.717, 1.165) is 12.8 Å². The number of aryl methyl sites for hydroxylation is 1. The molecule has 0 unspecified atom stereocenters. The van der Waals surface area contributed by atoms with Gasteiger partial charge in [0.2, 0.25) is 0 Å². The maximum Gasteiger partial charge on any atom is 0.272 e. The Bertz CT molecular complexity index is 366. The second-order valence-corrected chi connectivity index (χ2v) is 4.55. The first-order valence-electron chi connectivity index (χ1n) is 5.95. The average Bonchev–Trinajstić information content (AvgIpc) is 2.75. The van der Waals surface area contributed by atoms with Gasteiger partial charge >= 0.3 is 0 Å². The molecule has 0 atom stereocenters. The summed E-state index contributed by atoms with van der Waals surface area (Å²) < 4.78 is 1.64. The summed E-state index contributed by atoms with van der Waals surface area (Å²) in [6.45, 7) is 0. The average molecular weight is 221 g/mol. The van der Waals surface area contributed by atoms with Crippen LogP contribution in [0.15, 0.2) is 12.3 Å². The van der Waals surface area contributed by atoms with Gasteiger partial charge in [-0.1, -0.05) is 19.3 Å². The van der Waals surface area contributed by atoms with Gasteiger partial charge in [-0.15, -0.1) is 0 Å². The van der Waals surface area contributed by atoms with E-state index in [2.05, 4.69) is 5.10 Å². The number of hydrogen-bond acceptors (Lipinski definition) is 2. The van der Waals surface area contributed by atoms with Crippen LogP contribution in [0.5, 0.6) is 0 Å². The minimum atomic E-state index is 0.0897. The minimum absolute atomic E-state index is 0.0897. The molecule has 1 saturated carbocycles. The van der Waals surface area contributed by atoms with Crippen molar-refractivity contribution in [3.05, 3.63) is 18.0 Å². The molecule has 2 rings (SSSR count). The molecule has 16 heavy (non-hydrogen) atoms. The van der Waals surface area contributed by atoms with Crippen molar-refractivity contribution in [2.24, 2.45) is 7.05 Å². The van der Waals surface area contributed by atoms with E-state index in [4.69, 9.17) is 0 Å². The Morgan fingerprint density at radius 2 is 2.12 bits per heavy atom. The Labute approximate surface area is 96.2 Å². The van der Waals surface area contributed by atoms with Gasteiger partial charge in [0, 0.05) is 26.3 Å². The fourth-order valence-electron chi connectivity index (χ4n) is 2.40. The van der Waals surface area contributed by atoms with Crippen molar-refractivity contribution < 1.29 is 4.79 Å². The van der Waals surface area contributed by atoms with Gasteiger partial charge in [-0.05, 0) is 18.9 Å². The van der Waals surface area contributed by atoms with E-state index >= 15 is 0 Å². The first-order chi connectivity index (χ1) is 7.70. The van der Waals surface area contributed by atoms with Gasteiger partial charge in [0.05, 0.1) is 0 Å². The molecule has 1 aromatic heterocycles. The number of aromatic nitrogens is 2. The summed E-state index contributed by atoms with van der Waals surface area (Å²) in [7, 11) is 3.72. The number of amides is 1. The lowest BCUT2D eigenvalue weighted by Gasteiger charge is -2.31. The van der Waals surface area contributed by atoms with Crippen molar-refractivity contribution in [1.29, 1.82) is 0 Å². The molecule has 88 valence electrons. The smallest absolute Gasteiger partial charge is 0.272 e. The van der Waals surface area contributed by atoms with Crippen LogP contribution in [0.2, 0.25) is 0 Å². The molecule has 0 bridgehead atoms. The molecule has 4 nitrogen and oxygen atoms in total. The molecule has 1 aromatic rings. The molecule has 0 aromatic carbocycles. The summed E-state index contributed by atoms with van der Waals surface area (Å²) in [6.07, 6.45) is 7.74. The van der Waals surface area contributed by atoms with E-state index in [9.17, 15) is 4.79 Å². The Kier molecular flexibility index (Phi) is 3.27. The van der Waals surface area contributed by atoms with E-state index in [1.54, 1.807) is 16.9 Å². The molecular formula is C12H19N3O. The third-order valence-electron chi connectivity index (χ3n) is 3.48. The van der Waals surface area contributed by atoms with Crippen LogP contribution in [0.3, 0.4) is 0 Å². The van der Waals surface area contributed by atoms with E-state index < -0.39 is 0 Å². The second kappa shape index (κ2) is 4.68. The lowest BCUT2D eigenvalue weighted by molar-refractivity contribution is 0.0685. The maximum absolute atomic E-state index is 12.2. The molecule has 0 N–H and O–H groups in total. The molecule has 1 heterocycles. The van der Waals surface area contributed by atoms with Crippen molar-refractivity contribution >= 4 is 5.91 Å². The highest BCUT2D eigenvalue weighted by Gasteiger charge is 2.24. The van der Waals surface area contributed by atoms with E-state index in [1.807, 2.05) is 19.0 Å². The number of hydrogen-bond donors (Lipinski definition) is 0. The fraction of sp³-hybridized carbons (Fsp3) is 0.667. The zero-order valence-corrected chi connectivity index (χ0v) is 10.0. The molecule has 1 amide bonds. The molecule has 1 aliphatic rings. The Hall–Kier alpha value is -1.32. The third kappa shape index (κ3) is 2.10. The molecule has 0 spiro atoms. The Morgan fingerprint density at radius 3 is 2.69 bits per heavy atom. The van der Waals surface area contributed by atoms with Crippen LogP contribution in [0.25, 0.3) is 0 Å². The molecule has 4 heteroatoms. The molecule has 0 saturated heterocycles. The van der Waals surface area contributed by atoms with E-state index in [1.165, 1.54) is 19.3 Å². The summed E-state index contributed by atoms with van der Waals surface area (Å²) in [5, 5.41) is 4.03. The van der Waals surface area contributed by atoms with Gasteiger partial charge in [-0.25, -0.2) is 0 Å². The lowest BCUT2D eigenvalue weighted by atomic mass is 9.94. The standard InChI is InChI=1S/C12H19N3O/c1-14(10-6-4-3-5-7-10)12(16)11-8-9-13-15(11)2/h8-10H,3-7H2,1-2H3. The highest BCUT2D eigenvalue weighted by Crippen LogP contribution is 2.22. The van der Waals surface area contributed by atoms with Gasteiger partial charge in [0.25, 0.3) is 5.91 Å². The van der Waals surface area contributed by atoms with Gasteiger partial charge in [-0.2, -0.15) is 5.10 Å². The van der Waals surface area contributed by atoms with Gasteiger partial charge < -0.3 is 4.90 Å². The van der Waals surface area contributed by atoms with Crippen LogP contribution in [0, 0.1) is 0 Å².